The summed E-state index contributed by atoms with van der Waals surface area (Å²) >= 11 is 0. The van der Waals surface area contributed by atoms with Crippen LogP contribution in [-0.4, -0.2) is 6.54 Å². The minimum absolute atomic E-state index is 0.986. The molecule has 0 saturated carbocycles. The van der Waals surface area contributed by atoms with E-state index in [1.165, 1.54) is 40.8 Å². The molecule has 1 aromatic carbocycles. The predicted octanol–water partition coefficient (Wildman–Crippen LogP) is 2.90. The molecule has 0 bridgehead atoms. The monoisotopic (exact) mass is 211 g/mol. The average molecular weight is 211 g/mol. The summed E-state index contributed by atoms with van der Waals surface area (Å²) in [4.78, 5) is 0. The molecule has 1 heteroatoms. The summed E-state index contributed by atoms with van der Waals surface area (Å²) in [6.45, 7) is 3.16. The number of allylic oxidation sites excluding steroid dienone is 3. The van der Waals surface area contributed by atoms with E-state index in [-0.39, 0.29) is 0 Å². The summed E-state index contributed by atoms with van der Waals surface area (Å²) in [5, 5.41) is 3.51. The van der Waals surface area contributed by atoms with E-state index in [0.717, 1.165) is 13.0 Å². The quantitative estimate of drug-likeness (QED) is 0.695. The fourth-order valence-corrected chi connectivity index (χ4v) is 2.63. The van der Waals surface area contributed by atoms with Crippen molar-refractivity contribution in [2.75, 3.05) is 6.54 Å². The largest absolute Gasteiger partial charge is 0.384 e. The second-order valence-electron chi connectivity index (χ2n) is 4.74. The summed E-state index contributed by atoms with van der Waals surface area (Å²) < 4.78 is 0. The summed E-state index contributed by atoms with van der Waals surface area (Å²) in [7, 11) is 0. The van der Waals surface area contributed by atoms with Gasteiger partial charge in [0.05, 0.1) is 0 Å². The maximum absolute atomic E-state index is 3.51. The Bertz CT molecular complexity index is 480. The molecule has 1 heterocycles. The number of fused-ring (bicyclic) bond motifs is 1. The molecule has 16 heavy (non-hydrogen) atoms. The van der Waals surface area contributed by atoms with Gasteiger partial charge in [-0.05, 0) is 36.5 Å². The number of aryl methyl sites for hydroxylation is 2. The summed E-state index contributed by atoms with van der Waals surface area (Å²) in [6.07, 6.45) is 7.96. The maximum Gasteiger partial charge on any atom is 0.0331 e. The second-order valence-corrected chi connectivity index (χ2v) is 4.74. The van der Waals surface area contributed by atoms with Crippen LogP contribution in [0.1, 0.15) is 23.1 Å². The molecule has 1 N–H and O–H groups in total. The smallest absolute Gasteiger partial charge is 0.0331 e. The highest BCUT2D eigenvalue weighted by Gasteiger charge is 2.15. The molecular formula is C15H17N. The fraction of sp³-hybridized carbons (Fsp3) is 0.333. The highest BCUT2D eigenvalue weighted by atomic mass is 14.9. The van der Waals surface area contributed by atoms with Crippen molar-refractivity contribution in [3.05, 3.63) is 58.3 Å². The molecular weight excluding hydrogens is 194 g/mol. The molecule has 1 nitrogen and oxygen atoms in total. The van der Waals surface area contributed by atoms with E-state index in [1.807, 2.05) is 0 Å². The van der Waals surface area contributed by atoms with Crippen molar-refractivity contribution in [2.45, 2.75) is 26.2 Å². The van der Waals surface area contributed by atoms with Crippen LogP contribution in [0.15, 0.2) is 41.6 Å². The van der Waals surface area contributed by atoms with Crippen molar-refractivity contribution >= 4 is 0 Å². The van der Waals surface area contributed by atoms with Crippen LogP contribution >= 0.6 is 0 Å². The lowest BCUT2D eigenvalue weighted by Crippen LogP contribution is -2.19. The Morgan fingerprint density at radius 3 is 3.00 bits per heavy atom. The third-order valence-electron chi connectivity index (χ3n) is 3.53. The standard InChI is InChI=1S/C15H17N/c1-11-4-5-14-10-15-12(3-2-8-16-15)6-7-13(14)9-11/h2-5,9,16H,6-8,10H2,1H3. The average Bonchev–Trinajstić information content (AvgIpc) is 2.48. The lowest BCUT2D eigenvalue weighted by atomic mass is 10.00. The predicted molar refractivity (Wildman–Crippen MR) is 67.4 cm³/mol. The van der Waals surface area contributed by atoms with E-state index in [2.05, 4.69) is 42.6 Å². The van der Waals surface area contributed by atoms with Gasteiger partial charge < -0.3 is 5.32 Å². The zero-order chi connectivity index (χ0) is 11.0. The van der Waals surface area contributed by atoms with Gasteiger partial charge in [0.25, 0.3) is 0 Å². The van der Waals surface area contributed by atoms with Gasteiger partial charge in [-0.15, -0.1) is 0 Å². The van der Waals surface area contributed by atoms with Crippen molar-refractivity contribution in [3.63, 3.8) is 0 Å². The Morgan fingerprint density at radius 1 is 1.12 bits per heavy atom. The first-order valence-electron chi connectivity index (χ1n) is 6.04. The number of rotatable bonds is 0. The highest BCUT2D eigenvalue weighted by Crippen LogP contribution is 2.26. The lowest BCUT2D eigenvalue weighted by Gasteiger charge is -2.15. The SMILES string of the molecule is Cc1ccc2c(c1)CCC1=C(C2)NCC=C1. The molecule has 0 radical (unpaired) electrons. The van der Waals surface area contributed by atoms with E-state index in [4.69, 9.17) is 0 Å². The van der Waals surface area contributed by atoms with E-state index in [1.54, 1.807) is 0 Å². The minimum atomic E-state index is 0.986. The van der Waals surface area contributed by atoms with Gasteiger partial charge in [0.15, 0.2) is 0 Å². The molecule has 2 aliphatic rings. The first kappa shape index (κ1) is 9.71. The molecule has 0 saturated heterocycles. The van der Waals surface area contributed by atoms with Crippen LogP contribution in [0, 0.1) is 6.92 Å². The van der Waals surface area contributed by atoms with Crippen LogP contribution in [0.3, 0.4) is 0 Å². The maximum atomic E-state index is 3.51. The zero-order valence-electron chi connectivity index (χ0n) is 9.72. The molecule has 1 aromatic rings. The third kappa shape index (κ3) is 1.67. The van der Waals surface area contributed by atoms with Crippen molar-refractivity contribution in [1.82, 2.24) is 5.32 Å². The molecule has 0 spiro atoms. The molecule has 0 aromatic heterocycles. The van der Waals surface area contributed by atoms with Crippen LogP contribution in [-0.2, 0) is 12.8 Å². The Labute approximate surface area is 96.9 Å². The van der Waals surface area contributed by atoms with E-state index < -0.39 is 0 Å². The van der Waals surface area contributed by atoms with Gasteiger partial charge >= 0.3 is 0 Å². The summed E-state index contributed by atoms with van der Waals surface area (Å²) in [6, 6.07) is 6.86. The summed E-state index contributed by atoms with van der Waals surface area (Å²) in [5.41, 5.74) is 7.34. The molecule has 1 aliphatic carbocycles. The van der Waals surface area contributed by atoms with Gasteiger partial charge in [-0.1, -0.05) is 35.9 Å². The van der Waals surface area contributed by atoms with Crippen molar-refractivity contribution in [1.29, 1.82) is 0 Å². The number of hydrogen-bond donors (Lipinski definition) is 1. The van der Waals surface area contributed by atoms with E-state index >= 15 is 0 Å². The van der Waals surface area contributed by atoms with E-state index in [9.17, 15) is 0 Å². The molecule has 0 fully saturated rings. The Balaban J connectivity index is 2.00. The Morgan fingerprint density at radius 2 is 2.06 bits per heavy atom. The van der Waals surface area contributed by atoms with Gasteiger partial charge in [0.1, 0.15) is 0 Å². The Kier molecular flexibility index (Phi) is 2.32. The van der Waals surface area contributed by atoms with Gasteiger partial charge in [-0.3, -0.25) is 0 Å². The zero-order valence-corrected chi connectivity index (χ0v) is 9.72. The highest BCUT2D eigenvalue weighted by molar-refractivity contribution is 5.41. The van der Waals surface area contributed by atoms with Crippen molar-refractivity contribution < 1.29 is 0 Å². The van der Waals surface area contributed by atoms with Crippen LogP contribution in [0.2, 0.25) is 0 Å². The normalized spacial score (nSPS) is 18.6. The number of dihydropyridines is 1. The van der Waals surface area contributed by atoms with Crippen LogP contribution in [0.25, 0.3) is 0 Å². The molecule has 0 amide bonds. The minimum Gasteiger partial charge on any atom is -0.384 e. The molecule has 1 aliphatic heterocycles. The van der Waals surface area contributed by atoms with Gasteiger partial charge in [-0.25, -0.2) is 0 Å². The molecule has 0 unspecified atom stereocenters. The first-order chi connectivity index (χ1) is 7.83. The first-order valence-corrected chi connectivity index (χ1v) is 6.04. The van der Waals surface area contributed by atoms with Crippen LogP contribution < -0.4 is 5.32 Å². The topological polar surface area (TPSA) is 12.0 Å². The number of hydrogen-bond acceptors (Lipinski definition) is 1. The Hall–Kier alpha value is -1.50. The van der Waals surface area contributed by atoms with Crippen LogP contribution in [0.4, 0.5) is 0 Å². The van der Waals surface area contributed by atoms with Crippen LogP contribution in [0.5, 0.6) is 0 Å². The fourth-order valence-electron chi connectivity index (χ4n) is 2.63. The third-order valence-corrected chi connectivity index (χ3v) is 3.53. The molecule has 82 valence electrons. The second kappa shape index (κ2) is 3.82. The number of benzene rings is 1. The van der Waals surface area contributed by atoms with Gasteiger partial charge in [0.2, 0.25) is 0 Å². The lowest BCUT2D eigenvalue weighted by molar-refractivity contribution is 0.819. The number of nitrogens with one attached hydrogen (secondary N) is 1. The van der Waals surface area contributed by atoms with Gasteiger partial charge in [-0.2, -0.15) is 0 Å². The molecule has 0 atom stereocenters. The van der Waals surface area contributed by atoms with E-state index in [0.29, 0.717) is 0 Å². The molecule has 3 rings (SSSR count). The summed E-state index contributed by atoms with van der Waals surface area (Å²) in [5.74, 6) is 0. The van der Waals surface area contributed by atoms with Crippen molar-refractivity contribution in [3.8, 4) is 0 Å². The van der Waals surface area contributed by atoms with Crippen molar-refractivity contribution in [2.24, 2.45) is 0 Å². The van der Waals surface area contributed by atoms with Gasteiger partial charge in [0, 0.05) is 18.7 Å².